The lowest BCUT2D eigenvalue weighted by Crippen LogP contribution is -2.55. The zero-order valence-corrected chi connectivity index (χ0v) is 11.3. The second-order valence-electron chi connectivity index (χ2n) is 5.69. The predicted octanol–water partition coefficient (Wildman–Crippen LogP) is 3.22. The molecule has 0 radical (unpaired) electrons. The molecule has 2 N–H and O–H groups in total. The minimum absolute atomic E-state index is 0.112. The second kappa shape index (κ2) is 4.52. The van der Waals surface area contributed by atoms with E-state index in [-0.39, 0.29) is 5.54 Å². The van der Waals surface area contributed by atoms with Crippen molar-refractivity contribution in [1.82, 2.24) is 5.32 Å². The molecule has 0 amide bonds. The molecule has 1 spiro atoms. The molecule has 2 fully saturated rings. The Kier molecular flexibility index (Phi) is 3.13. The van der Waals surface area contributed by atoms with E-state index in [1.54, 1.807) is 0 Å². The van der Waals surface area contributed by atoms with Gasteiger partial charge >= 0.3 is 0 Å². The van der Waals surface area contributed by atoms with E-state index in [1.165, 1.54) is 19.3 Å². The molecule has 0 bridgehead atoms. The summed E-state index contributed by atoms with van der Waals surface area (Å²) in [7, 11) is 0. The van der Waals surface area contributed by atoms with Crippen LogP contribution in [0.15, 0.2) is 24.3 Å². The van der Waals surface area contributed by atoms with Gasteiger partial charge in [-0.05, 0) is 43.5 Å². The first-order valence-electron chi connectivity index (χ1n) is 6.90. The summed E-state index contributed by atoms with van der Waals surface area (Å²) in [6, 6.07) is 7.71. The van der Waals surface area contributed by atoms with Crippen molar-refractivity contribution in [2.45, 2.75) is 49.7 Å². The third-order valence-electron chi connectivity index (χ3n) is 4.77. The van der Waals surface area contributed by atoms with Crippen molar-refractivity contribution in [3.63, 3.8) is 0 Å². The van der Waals surface area contributed by atoms with Gasteiger partial charge in [-0.1, -0.05) is 43.0 Å². The predicted molar refractivity (Wildman–Crippen MR) is 73.8 cm³/mol. The Bertz CT molecular complexity index is 425. The van der Waals surface area contributed by atoms with E-state index in [0.717, 1.165) is 36.4 Å². The minimum Gasteiger partial charge on any atom is -0.383 e. The first-order chi connectivity index (χ1) is 8.66. The van der Waals surface area contributed by atoms with Gasteiger partial charge < -0.3 is 10.4 Å². The summed E-state index contributed by atoms with van der Waals surface area (Å²) in [5.41, 5.74) is 0.177. The molecule has 1 heterocycles. The zero-order valence-electron chi connectivity index (χ0n) is 10.6. The summed E-state index contributed by atoms with van der Waals surface area (Å²) in [4.78, 5) is 0. The molecule has 2 nitrogen and oxygen atoms in total. The van der Waals surface area contributed by atoms with Crippen LogP contribution in [-0.2, 0) is 5.60 Å². The number of aliphatic hydroxyl groups is 1. The maximum atomic E-state index is 11.2. The van der Waals surface area contributed by atoms with Crippen LogP contribution in [0.4, 0.5) is 0 Å². The molecule has 1 aliphatic heterocycles. The van der Waals surface area contributed by atoms with Crippen LogP contribution >= 0.6 is 11.6 Å². The molecule has 1 aliphatic carbocycles. The maximum Gasteiger partial charge on any atom is 0.109 e. The van der Waals surface area contributed by atoms with Crippen LogP contribution in [-0.4, -0.2) is 17.2 Å². The fourth-order valence-electron chi connectivity index (χ4n) is 3.76. The third-order valence-corrected chi connectivity index (χ3v) is 5.02. The lowest BCUT2D eigenvalue weighted by atomic mass is 9.68. The van der Waals surface area contributed by atoms with Gasteiger partial charge in [0.1, 0.15) is 5.60 Å². The highest BCUT2D eigenvalue weighted by Gasteiger charge is 2.54. The maximum absolute atomic E-state index is 11.2. The Morgan fingerprint density at radius 3 is 2.33 bits per heavy atom. The smallest absolute Gasteiger partial charge is 0.109 e. The Morgan fingerprint density at radius 1 is 1.00 bits per heavy atom. The largest absolute Gasteiger partial charge is 0.383 e. The van der Waals surface area contributed by atoms with Crippen molar-refractivity contribution < 1.29 is 5.11 Å². The van der Waals surface area contributed by atoms with Crippen molar-refractivity contribution >= 4 is 11.6 Å². The van der Waals surface area contributed by atoms with Gasteiger partial charge in [0.15, 0.2) is 0 Å². The molecule has 2 aliphatic rings. The average molecular weight is 266 g/mol. The van der Waals surface area contributed by atoms with E-state index < -0.39 is 5.60 Å². The van der Waals surface area contributed by atoms with Crippen LogP contribution in [0, 0.1) is 0 Å². The van der Waals surface area contributed by atoms with Crippen LogP contribution in [0.3, 0.4) is 0 Å². The van der Waals surface area contributed by atoms with E-state index >= 15 is 0 Å². The molecular formula is C15H20ClNO. The van der Waals surface area contributed by atoms with Crippen molar-refractivity contribution in [2.75, 3.05) is 6.54 Å². The quantitative estimate of drug-likeness (QED) is 0.817. The van der Waals surface area contributed by atoms with Gasteiger partial charge in [0.05, 0.1) is 5.54 Å². The molecule has 0 aromatic heterocycles. The Morgan fingerprint density at radius 2 is 1.67 bits per heavy atom. The number of hydrogen-bond donors (Lipinski definition) is 2. The number of rotatable bonds is 1. The number of hydrogen-bond acceptors (Lipinski definition) is 2. The topological polar surface area (TPSA) is 32.3 Å². The normalized spacial score (nSPS) is 30.8. The van der Waals surface area contributed by atoms with Gasteiger partial charge in [0, 0.05) is 5.02 Å². The van der Waals surface area contributed by atoms with E-state index in [0.29, 0.717) is 0 Å². The fraction of sp³-hybridized carbons (Fsp3) is 0.600. The summed E-state index contributed by atoms with van der Waals surface area (Å²) < 4.78 is 0. The summed E-state index contributed by atoms with van der Waals surface area (Å²) >= 11 is 5.94. The van der Waals surface area contributed by atoms with Crippen LogP contribution in [0.1, 0.15) is 44.1 Å². The highest BCUT2D eigenvalue weighted by Crippen LogP contribution is 2.48. The van der Waals surface area contributed by atoms with E-state index in [4.69, 9.17) is 11.6 Å². The van der Waals surface area contributed by atoms with Crippen molar-refractivity contribution in [1.29, 1.82) is 0 Å². The molecule has 1 atom stereocenters. The Hall–Kier alpha value is -0.570. The van der Waals surface area contributed by atoms with Crippen LogP contribution in [0.25, 0.3) is 0 Å². The number of benzene rings is 1. The highest BCUT2D eigenvalue weighted by molar-refractivity contribution is 6.30. The molecule has 1 aromatic carbocycles. The minimum atomic E-state index is -0.724. The van der Waals surface area contributed by atoms with Gasteiger partial charge in [0.2, 0.25) is 0 Å². The Labute approximate surface area is 113 Å². The molecule has 18 heavy (non-hydrogen) atoms. The summed E-state index contributed by atoms with van der Waals surface area (Å²) in [5.74, 6) is 0. The number of nitrogens with one attached hydrogen (secondary N) is 1. The molecule has 1 aromatic rings. The molecule has 98 valence electrons. The molecule has 3 rings (SSSR count). The van der Waals surface area contributed by atoms with Gasteiger partial charge in [-0.3, -0.25) is 0 Å². The standard InChI is InChI=1S/C15H20ClNO/c16-13-6-4-12(5-7-13)15(18)10-11-17-14(15)8-2-1-3-9-14/h4-7,17-18H,1-3,8-11H2. The molecule has 1 saturated carbocycles. The van der Waals surface area contributed by atoms with E-state index in [1.807, 2.05) is 24.3 Å². The second-order valence-corrected chi connectivity index (χ2v) is 6.12. The van der Waals surface area contributed by atoms with Crippen LogP contribution in [0.5, 0.6) is 0 Å². The Balaban J connectivity index is 1.98. The van der Waals surface area contributed by atoms with Crippen molar-refractivity contribution in [3.8, 4) is 0 Å². The first kappa shape index (κ1) is 12.5. The molecule has 3 heteroatoms. The average Bonchev–Trinajstić information content (AvgIpc) is 2.70. The summed E-state index contributed by atoms with van der Waals surface area (Å²) in [6.45, 7) is 0.902. The zero-order chi connectivity index (χ0) is 12.6. The van der Waals surface area contributed by atoms with Crippen molar-refractivity contribution in [2.24, 2.45) is 0 Å². The van der Waals surface area contributed by atoms with Gasteiger partial charge in [-0.15, -0.1) is 0 Å². The van der Waals surface area contributed by atoms with Gasteiger partial charge in [-0.25, -0.2) is 0 Å². The highest BCUT2D eigenvalue weighted by atomic mass is 35.5. The molecule has 1 saturated heterocycles. The van der Waals surface area contributed by atoms with Gasteiger partial charge in [0.25, 0.3) is 0 Å². The van der Waals surface area contributed by atoms with E-state index in [9.17, 15) is 5.11 Å². The van der Waals surface area contributed by atoms with Crippen LogP contribution in [0.2, 0.25) is 5.02 Å². The third kappa shape index (κ3) is 1.78. The lowest BCUT2D eigenvalue weighted by Gasteiger charge is -2.45. The van der Waals surface area contributed by atoms with Gasteiger partial charge in [-0.2, -0.15) is 0 Å². The summed E-state index contributed by atoms with van der Waals surface area (Å²) in [6.07, 6.45) is 6.67. The fourth-order valence-corrected chi connectivity index (χ4v) is 3.89. The van der Waals surface area contributed by atoms with E-state index in [2.05, 4.69) is 5.32 Å². The monoisotopic (exact) mass is 265 g/mol. The van der Waals surface area contributed by atoms with Crippen molar-refractivity contribution in [3.05, 3.63) is 34.9 Å². The first-order valence-corrected chi connectivity index (χ1v) is 7.28. The summed E-state index contributed by atoms with van der Waals surface area (Å²) in [5, 5.41) is 15.5. The molecular weight excluding hydrogens is 246 g/mol. The van der Waals surface area contributed by atoms with Crippen LogP contribution < -0.4 is 5.32 Å². The SMILES string of the molecule is OC1(c2ccc(Cl)cc2)CCNC12CCCCC2. The molecule has 1 unspecified atom stereocenters. The lowest BCUT2D eigenvalue weighted by molar-refractivity contribution is -0.0447. The number of halogens is 1.